The van der Waals surface area contributed by atoms with Crippen molar-refractivity contribution in [3.05, 3.63) is 0 Å². The van der Waals surface area contributed by atoms with Gasteiger partial charge in [-0.2, -0.15) is 0 Å². The Hall–Kier alpha value is -0.160. The first kappa shape index (κ1) is 14.8. The van der Waals surface area contributed by atoms with E-state index >= 15 is 0 Å². The van der Waals surface area contributed by atoms with Crippen molar-refractivity contribution >= 4 is 0 Å². The van der Waals surface area contributed by atoms with Crippen molar-refractivity contribution in [1.82, 2.24) is 10.2 Å². The highest BCUT2D eigenvalue weighted by Crippen LogP contribution is 2.37. The Morgan fingerprint density at radius 1 is 1.20 bits per heavy atom. The maximum absolute atomic E-state index is 6.18. The molecule has 1 N–H and O–H groups in total. The van der Waals surface area contributed by atoms with Crippen LogP contribution in [0.15, 0.2) is 0 Å². The monoisotopic (exact) mass is 282 g/mol. The third kappa shape index (κ3) is 3.35. The zero-order chi connectivity index (χ0) is 13.8. The second kappa shape index (κ2) is 6.73. The summed E-state index contributed by atoms with van der Waals surface area (Å²) >= 11 is 0. The molecule has 0 saturated carbocycles. The van der Waals surface area contributed by atoms with Gasteiger partial charge < -0.3 is 14.8 Å². The maximum atomic E-state index is 6.18. The van der Waals surface area contributed by atoms with Crippen molar-refractivity contribution in [3.63, 3.8) is 0 Å². The summed E-state index contributed by atoms with van der Waals surface area (Å²) in [6, 6.07) is 0.738. The number of hydrogen-bond donors (Lipinski definition) is 1. The van der Waals surface area contributed by atoms with E-state index in [1.807, 2.05) is 0 Å². The van der Waals surface area contributed by atoms with Gasteiger partial charge in [0.2, 0.25) is 0 Å². The van der Waals surface area contributed by atoms with Gasteiger partial charge in [0, 0.05) is 32.4 Å². The standard InChI is InChI=1S/C16H30N2O2/c1-17-12-14-3-2-7-18(13-14)15-4-8-20-16(11-15)5-9-19-10-6-16/h14-15,17H,2-13H2,1H3. The Morgan fingerprint density at radius 2 is 2.05 bits per heavy atom. The predicted octanol–water partition coefficient (Wildman–Crippen LogP) is 1.65. The Labute approximate surface area is 123 Å². The molecule has 116 valence electrons. The number of nitrogens with one attached hydrogen (secondary N) is 1. The zero-order valence-corrected chi connectivity index (χ0v) is 12.9. The van der Waals surface area contributed by atoms with Crippen LogP contribution in [0.1, 0.15) is 38.5 Å². The molecule has 3 aliphatic rings. The molecule has 0 aromatic carbocycles. The molecule has 3 fully saturated rings. The van der Waals surface area contributed by atoms with Gasteiger partial charge >= 0.3 is 0 Å². The molecule has 4 nitrogen and oxygen atoms in total. The van der Waals surface area contributed by atoms with Crippen LogP contribution in [0.2, 0.25) is 0 Å². The van der Waals surface area contributed by atoms with E-state index in [-0.39, 0.29) is 5.60 Å². The molecule has 0 amide bonds. The number of likely N-dealkylation sites (tertiary alicyclic amines) is 1. The fourth-order valence-electron chi connectivity index (χ4n) is 4.29. The van der Waals surface area contributed by atoms with Crippen LogP contribution in [0.3, 0.4) is 0 Å². The second-order valence-electron chi connectivity index (χ2n) is 6.85. The molecular weight excluding hydrogens is 252 g/mol. The third-order valence-corrected chi connectivity index (χ3v) is 5.43. The minimum Gasteiger partial charge on any atom is -0.381 e. The molecule has 20 heavy (non-hydrogen) atoms. The summed E-state index contributed by atoms with van der Waals surface area (Å²) in [5, 5.41) is 3.35. The fourth-order valence-corrected chi connectivity index (χ4v) is 4.29. The van der Waals surface area contributed by atoms with E-state index in [0.717, 1.165) is 44.6 Å². The number of nitrogens with zero attached hydrogens (tertiary/aromatic N) is 1. The Kier molecular flexibility index (Phi) is 4.97. The normalized spacial score (nSPS) is 35.2. The number of ether oxygens (including phenoxy) is 2. The van der Waals surface area contributed by atoms with Gasteiger partial charge in [0.25, 0.3) is 0 Å². The highest BCUT2D eigenvalue weighted by atomic mass is 16.5. The van der Waals surface area contributed by atoms with Gasteiger partial charge in [-0.15, -0.1) is 0 Å². The summed E-state index contributed by atoms with van der Waals surface area (Å²) < 4.78 is 11.7. The molecular formula is C16H30N2O2. The number of piperidine rings is 1. The van der Waals surface area contributed by atoms with Crippen LogP contribution in [0.4, 0.5) is 0 Å². The van der Waals surface area contributed by atoms with Gasteiger partial charge in [-0.25, -0.2) is 0 Å². The molecule has 0 bridgehead atoms. The molecule has 1 spiro atoms. The lowest BCUT2D eigenvalue weighted by molar-refractivity contribution is -0.153. The quantitative estimate of drug-likeness (QED) is 0.853. The molecule has 3 rings (SSSR count). The SMILES string of the molecule is CNCC1CCCN(C2CCOC3(CCOCC3)C2)C1. The smallest absolute Gasteiger partial charge is 0.0741 e. The van der Waals surface area contributed by atoms with Gasteiger partial charge in [-0.3, -0.25) is 4.90 Å². The molecule has 0 aromatic heterocycles. The van der Waals surface area contributed by atoms with Crippen LogP contribution in [0, 0.1) is 5.92 Å². The highest BCUT2D eigenvalue weighted by molar-refractivity contribution is 4.93. The van der Waals surface area contributed by atoms with Crippen molar-refractivity contribution in [2.24, 2.45) is 5.92 Å². The summed E-state index contributed by atoms with van der Waals surface area (Å²) in [5.74, 6) is 0.835. The van der Waals surface area contributed by atoms with E-state index in [1.165, 1.54) is 45.3 Å². The lowest BCUT2D eigenvalue weighted by atomic mass is 9.82. The minimum absolute atomic E-state index is 0.136. The van der Waals surface area contributed by atoms with Crippen LogP contribution in [-0.4, -0.2) is 63.0 Å². The summed E-state index contributed by atoms with van der Waals surface area (Å²) in [6.45, 7) is 6.44. The van der Waals surface area contributed by atoms with Crippen LogP contribution >= 0.6 is 0 Å². The molecule has 3 aliphatic heterocycles. The van der Waals surface area contributed by atoms with Gasteiger partial charge in [-0.1, -0.05) is 0 Å². The first-order valence-corrected chi connectivity index (χ1v) is 8.42. The minimum atomic E-state index is 0.136. The zero-order valence-electron chi connectivity index (χ0n) is 12.9. The van der Waals surface area contributed by atoms with E-state index < -0.39 is 0 Å². The molecule has 2 unspecified atom stereocenters. The van der Waals surface area contributed by atoms with Gasteiger partial charge in [0.1, 0.15) is 0 Å². The second-order valence-corrected chi connectivity index (χ2v) is 6.85. The molecule has 0 aliphatic carbocycles. The fraction of sp³-hybridized carbons (Fsp3) is 1.00. The molecule has 0 radical (unpaired) electrons. The van der Waals surface area contributed by atoms with Gasteiger partial charge in [0.05, 0.1) is 5.60 Å². The van der Waals surface area contributed by atoms with Crippen LogP contribution < -0.4 is 5.32 Å². The maximum Gasteiger partial charge on any atom is 0.0741 e. The highest BCUT2D eigenvalue weighted by Gasteiger charge is 2.41. The lowest BCUT2D eigenvalue weighted by Crippen LogP contribution is -2.53. The molecule has 0 aromatic rings. The van der Waals surface area contributed by atoms with E-state index in [9.17, 15) is 0 Å². The van der Waals surface area contributed by atoms with E-state index in [1.54, 1.807) is 0 Å². The largest absolute Gasteiger partial charge is 0.381 e. The van der Waals surface area contributed by atoms with Crippen molar-refractivity contribution in [3.8, 4) is 0 Å². The summed E-state index contributed by atoms with van der Waals surface area (Å²) in [6.07, 6.45) is 7.38. The Balaban J connectivity index is 1.58. The van der Waals surface area contributed by atoms with Crippen molar-refractivity contribution < 1.29 is 9.47 Å². The Morgan fingerprint density at radius 3 is 2.85 bits per heavy atom. The van der Waals surface area contributed by atoms with Crippen LogP contribution in [-0.2, 0) is 9.47 Å². The molecule has 3 saturated heterocycles. The summed E-state index contributed by atoms with van der Waals surface area (Å²) in [4.78, 5) is 2.76. The lowest BCUT2D eigenvalue weighted by Gasteiger charge is -2.48. The van der Waals surface area contributed by atoms with Crippen LogP contribution in [0.25, 0.3) is 0 Å². The Bertz CT molecular complexity index is 297. The van der Waals surface area contributed by atoms with Crippen molar-refractivity contribution in [2.45, 2.75) is 50.2 Å². The number of rotatable bonds is 3. The predicted molar refractivity (Wildman–Crippen MR) is 80.0 cm³/mol. The molecule has 2 atom stereocenters. The average molecular weight is 282 g/mol. The molecule has 3 heterocycles. The van der Waals surface area contributed by atoms with Gasteiger partial charge in [0.15, 0.2) is 0 Å². The first-order valence-electron chi connectivity index (χ1n) is 8.42. The summed E-state index contributed by atoms with van der Waals surface area (Å²) in [7, 11) is 2.07. The van der Waals surface area contributed by atoms with E-state index in [4.69, 9.17) is 9.47 Å². The van der Waals surface area contributed by atoms with E-state index in [2.05, 4.69) is 17.3 Å². The van der Waals surface area contributed by atoms with Crippen LogP contribution in [0.5, 0.6) is 0 Å². The summed E-state index contributed by atoms with van der Waals surface area (Å²) in [5.41, 5.74) is 0.136. The topological polar surface area (TPSA) is 33.7 Å². The van der Waals surface area contributed by atoms with Crippen molar-refractivity contribution in [1.29, 1.82) is 0 Å². The van der Waals surface area contributed by atoms with Gasteiger partial charge in [-0.05, 0) is 64.6 Å². The third-order valence-electron chi connectivity index (χ3n) is 5.43. The van der Waals surface area contributed by atoms with Crippen molar-refractivity contribution in [2.75, 3.05) is 46.5 Å². The van der Waals surface area contributed by atoms with E-state index in [0.29, 0.717) is 0 Å². The number of hydrogen-bond acceptors (Lipinski definition) is 4. The first-order chi connectivity index (χ1) is 9.81. The average Bonchev–Trinajstić information content (AvgIpc) is 2.49. The molecule has 4 heteroatoms.